The molecule has 0 aliphatic rings. The molecule has 0 fully saturated rings. The number of nitrogens with one attached hydrogen (secondary N) is 2. The van der Waals surface area contributed by atoms with Crippen LogP contribution in [-0.2, 0) is 6.42 Å². The minimum Gasteiger partial charge on any atom is -0.478 e. The molecule has 0 atom stereocenters. The Balaban J connectivity index is 2.24. The van der Waals surface area contributed by atoms with Crippen LogP contribution in [0.5, 0.6) is 0 Å². The Hall–Kier alpha value is -2.63. The van der Waals surface area contributed by atoms with E-state index in [1.807, 2.05) is 0 Å². The summed E-state index contributed by atoms with van der Waals surface area (Å²) >= 11 is 0. The van der Waals surface area contributed by atoms with Crippen LogP contribution in [0.25, 0.3) is 21.9 Å². The topological polar surface area (TPSA) is 90.9 Å². The first-order chi connectivity index (χ1) is 10.6. The van der Waals surface area contributed by atoms with Gasteiger partial charge in [0.15, 0.2) is 5.82 Å². The second-order valence-corrected chi connectivity index (χ2v) is 5.26. The Morgan fingerprint density at radius 2 is 2.18 bits per heavy atom. The highest BCUT2D eigenvalue weighted by atomic mass is 16.4. The molecule has 0 unspecified atom stereocenters. The van der Waals surface area contributed by atoms with Gasteiger partial charge in [0.2, 0.25) is 0 Å². The lowest BCUT2D eigenvalue weighted by Crippen LogP contribution is -1.98. The molecular weight excluding hydrogens is 280 g/mol. The molecule has 0 aliphatic carbocycles. The number of carbonyl (C=O) groups is 1. The third kappa shape index (κ3) is 2.36. The summed E-state index contributed by atoms with van der Waals surface area (Å²) in [6.07, 6.45) is 3.07. The van der Waals surface area contributed by atoms with Gasteiger partial charge in [-0.1, -0.05) is 13.3 Å². The van der Waals surface area contributed by atoms with Gasteiger partial charge in [-0.2, -0.15) is 0 Å². The molecule has 0 aliphatic heterocycles. The van der Waals surface area contributed by atoms with Gasteiger partial charge < -0.3 is 15.4 Å². The second-order valence-electron chi connectivity index (χ2n) is 5.26. The third-order valence-corrected chi connectivity index (χ3v) is 3.73. The minimum absolute atomic E-state index is 0.225. The molecule has 3 rings (SSSR count). The van der Waals surface area contributed by atoms with Crippen LogP contribution in [0.3, 0.4) is 0 Å². The van der Waals surface area contributed by atoms with Crippen LogP contribution in [0, 0.1) is 0 Å². The normalized spacial score (nSPS) is 11.2. The molecule has 0 spiro atoms. The molecule has 2 aromatic heterocycles. The van der Waals surface area contributed by atoms with Crippen molar-refractivity contribution in [3.63, 3.8) is 0 Å². The molecule has 1 aromatic carbocycles. The van der Waals surface area contributed by atoms with E-state index in [0.29, 0.717) is 11.3 Å². The number of aromatic carboxylic acids is 1. The molecule has 2 heterocycles. The summed E-state index contributed by atoms with van der Waals surface area (Å²) in [5.41, 5.74) is 2.55. The van der Waals surface area contributed by atoms with E-state index in [2.05, 4.69) is 27.2 Å². The highest BCUT2D eigenvalue weighted by molar-refractivity contribution is 6.08. The molecule has 0 amide bonds. The smallest absolute Gasteiger partial charge is 0.335 e. The molecule has 22 heavy (non-hydrogen) atoms. The zero-order chi connectivity index (χ0) is 15.7. The zero-order valence-corrected chi connectivity index (χ0v) is 12.6. The summed E-state index contributed by atoms with van der Waals surface area (Å²) in [5.74, 6) is 0.658. The van der Waals surface area contributed by atoms with Gasteiger partial charge in [0.1, 0.15) is 16.9 Å². The van der Waals surface area contributed by atoms with Crippen molar-refractivity contribution < 1.29 is 9.90 Å². The summed E-state index contributed by atoms with van der Waals surface area (Å²) in [6.45, 7) is 2.14. The number of pyridine rings is 1. The van der Waals surface area contributed by atoms with E-state index in [1.165, 1.54) is 0 Å². The van der Waals surface area contributed by atoms with Gasteiger partial charge in [0.05, 0.1) is 11.1 Å². The highest BCUT2D eigenvalue weighted by Gasteiger charge is 2.14. The molecule has 6 nitrogen and oxygen atoms in total. The maximum absolute atomic E-state index is 11.1. The summed E-state index contributed by atoms with van der Waals surface area (Å²) in [7, 11) is 1.79. The van der Waals surface area contributed by atoms with Gasteiger partial charge >= 0.3 is 5.97 Å². The zero-order valence-electron chi connectivity index (χ0n) is 12.6. The number of carboxylic acid groups (broad SMARTS) is 1. The van der Waals surface area contributed by atoms with Crippen molar-refractivity contribution in [1.29, 1.82) is 0 Å². The number of unbranched alkanes of at least 4 members (excludes halogenated alkanes) is 1. The number of anilines is 1. The van der Waals surface area contributed by atoms with Gasteiger partial charge in [0, 0.05) is 18.9 Å². The van der Waals surface area contributed by atoms with Gasteiger partial charge in [-0.15, -0.1) is 0 Å². The van der Waals surface area contributed by atoms with Crippen LogP contribution in [0.15, 0.2) is 18.2 Å². The average Bonchev–Trinajstić information content (AvgIpc) is 2.95. The number of H-pyrrole nitrogens is 1. The van der Waals surface area contributed by atoms with Crippen LogP contribution >= 0.6 is 0 Å². The Labute approximate surface area is 127 Å². The van der Waals surface area contributed by atoms with Crippen molar-refractivity contribution in [2.75, 3.05) is 12.4 Å². The van der Waals surface area contributed by atoms with Gasteiger partial charge in [-0.05, 0) is 24.6 Å². The summed E-state index contributed by atoms with van der Waals surface area (Å²) in [5, 5.41) is 13.0. The molecule has 6 heteroatoms. The predicted molar refractivity (Wildman–Crippen MR) is 86.5 cm³/mol. The molecule has 3 aromatic rings. The standard InChI is InChI=1S/C16H18N4O2/c1-3-4-5-12-19-13-10-7-6-9(16(21)22)8-11(10)18-15(17-2)14(13)20-12/h6-8H,3-5H2,1-2H3,(H,17,18)(H,19,20)(H,21,22). The lowest BCUT2D eigenvalue weighted by molar-refractivity contribution is 0.0697. The Morgan fingerprint density at radius 3 is 2.86 bits per heavy atom. The number of carboxylic acids is 1. The molecule has 3 N–H and O–H groups in total. The van der Waals surface area contributed by atoms with E-state index < -0.39 is 5.97 Å². The van der Waals surface area contributed by atoms with E-state index in [9.17, 15) is 4.79 Å². The Bertz CT molecular complexity index is 854. The van der Waals surface area contributed by atoms with Crippen LogP contribution in [0.1, 0.15) is 35.9 Å². The number of hydrogen-bond donors (Lipinski definition) is 3. The number of imidazole rings is 1. The van der Waals surface area contributed by atoms with E-state index in [-0.39, 0.29) is 5.56 Å². The Morgan fingerprint density at radius 1 is 1.36 bits per heavy atom. The molecule has 0 saturated heterocycles. The van der Waals surface area contributed by atoms with Gasteiger partial charge in [-0.3, -0.25) is 0 Å². The van der Waals surface area contributed by atoms with E-state index in [4.69, 9.17) is 5.11 Å². The molecule has 114 valence electrons. The Kier molecular flexibility index (Phi) is 3.66. The molecule has 0 saturated carbocycles. The first-order valence-corrected chi connectivity index (χ1v) is 7.37. The number of fused-ring (bicyclic) bond motifs is 3. The highest BCUT2D eigenvalue weighted by Crippen LogP contribution is 2.28. The fourth-order valence-corrected chi connectivity index (χ4v) is 2.57. The summed E-state index contributed by atoms with van der Waals surface area (Å²) < 4.78 is 0. The van der Waals surface area contributed by atoms with E-state index in [0.717, 1.165) is 41.5 Å². The van der Waals surface area contributed by atoms with Crippen molar-refractivity contribution >= 4 is 33.7 Å². The number of rotatable bonds is 5. The van der Waals surface area contributed by atoms with Crippen LogP contribution < -0.4 is 5.32 Å². The van der Waals surface area contributed by atoms with Crippen LogP contribution in [0.2, 0.25) is 0 Å². The predicted octanol–water partition coefficient (Wildman–Crippen LogP) is 3.19. The van der Waals surface area contributed by atoms with Crippen LogP contribution in [0.4, 0.5) is 5.82 Å². The van der Waals surface area contributed by atoms with Crippen molar-refractivity contribution in [2.24, 2.45) is 0 Å². The second kappa shape index (κ2) is 5.63. The number of aromatic nitrogens is 3. The molecule has 0 radical (unpaired) electrons. The number of aryl methyl sites for hydroxylation is 1. The summed E-state index contributed by atoms with van der Waals surface area (Å²) in [6, 6.07) is 4.95. The maximum atomic E-state index is 11.1. The van der Waals surface area contributed by atoms with E-state index in [1.54, 1.807) is 25.2 Å². The van der Waals surface area contributed by atoms with Gasteiger partial charge in [0.25, 0.3) is 0 Å². The number of aromatic amines is 1. The first-order valence-electron chi connectivity index (χ1n) is 7.37. The quantitative estimate of drug-likeness (QED) is 0.673. The van der Waals surface area contributed by atoms with Crippen LogP contribution in [-0.4, -0.2) is 33.1 Å². The third-order valence-electron chi connectivity index (χ3n) is 3.73. The van der Waals surface area contributed by atoms with Gasteiger partial charge in [-0.25, -0.2) is 14.8 Å². The van der Waals surface area contributed by atoms with Crippen molar-refractivity contribution in [1.82, 2.24) is 15.0 Å². The minimum atomic E-state index is -0.958. The number of nitrogens with zero attached hydrogens (tertiary/aromatic N) is 2. The lowest BCUT2D eigenvalue weighted by Gasteiger charge is -2.05. The van der Waals surface area contributed by atoms with Crippen molar-refractivity contribution in [3.8, 4) is 0 Å². The summed E-state index contributed by atoms with van der Waals surface area (Å²) in [4.78, 5) is 23.6. The van der Waals surface area contributed by atoms with Crippen molar-refractivity contribution in [3.05, 3.63) is 29.6 Å². The monoisotopic (exact) mass is 298 g/mol. The lowest BCUT2D eigenvalue weighted by atomic mass is 10.1. The molecular formula is C16H18N4O2. The first kappa shape index (κ1) is 14.3. The largest absolute Gasteiger partial charge is 0.478 e. The maximum Gasteiger partial charge on any atom is 0.335 e. The van der Waals surface area contributed by atoms with Crippen molar-refractivity contribution in [2.45, 2.75) is 26.2 Å². The molecule has 0 bridgehead atoms. The average molecular weight is 298 g/mol. The number of benzene rings is 1. The fourth-order valence-electron chi connectivity index (χ4n) is 2.57. The van der Waals surface area contributed by atoms with E-state index >= 15 is 0 Å². The fraction of sp³-hybridized carbons (Fsp3) is 0.312. The number of hydrogen-bond acceptors (Lipinski definition) is 4. The SMILES string of the molecule is CCCCc1nc2c([nH]1)c(NC)nc1cc(C(=O)O)ccc12.